The lowest BCUT2D eigenvalue weighted by Gasteiger charge is -2.25. The first kappa shape index (κ1) is 18.9. The summed E-state index contributed by atoms with van der Waals surface area (Å²) in [6.45, 7) is 5.18. The molecule has 1 N–H and O–H groups in total. The molecule has 1 atom stereocenters. The molecule has 8 heteroatoms. The maximum absolute atomic E-state index is 12.6. The van der Waals surface area contributed by atoms with Crippen molar-refractivity contribution in [3.05, 3.63) is 54.1 Å². The Kier molecular flexibility index (Phi) is 5.41. The van der Waals surface area contributed by atoms with Gasteiger partial charge in [0.2, 0.25) is 11.7 Å². The molecular weight excluding hydrogens is 370 g/mol. The lowest BCUT2D eigenvalue weighted by molar-refractivity contribution is -0.123. The number of benzene rings is 2. The van der Waals surface area contributed by atoms with Gasteiger partial charge in [-0.3, -0.25) is 4.79 Å². The average Bonchev–Trinajstić information content (AvgIpc) is 3.20. The highest BCUT2D eigenvalue weighted by Crippen LogP contribution is 2.34. The summed E-state index contributed by atoms with van der Waals surface area (Å²) >= 11 is 0. The van der Waals surface area contributed by atoms with Crippen LogP contribution >= 0.6 is 0 Å². The predicted octanol–water partition coefficient (Wildman–Crippen LogP) is 2.62. The number of tetrazole rings is 1. The Morgan fingerprint density at radius 2 is 1.86 bits per heavy atom. The Bertz CT molecular complexity index is 987. The lowest BCUT2D eigenvalue weighted by atomic mass is 9.95. The number of nitrogens with one attached hydrogen (secondary N) is 1. The van der Waals surface area contributed by atoms with Gasteiger partial charge in [-0.2, -0.15) is 4.80 Å². The number of carbonyl (C=O) groups excluding carboxylic acids is 1. The second kappa shape index (κ2) is 8.30. The Hall–Kier alpha value is -3.42. The van der Waals surface area contributed by atoms with E-state index >= 15 is 0 Å². The van der Waals surface area contributed by atoms with Crippen molar-refractivity contribution >= 4 is 5.91 Å². The molecule has 0 unspecified atom stereocenters. The molecule has 1 aliphatic heterocycles. The van der Waals surface area contributed by atoms with E-state index in [1.54, 1.807) is 0 Å². The second-order valence-electron chi connectivity index (χ2n) is 7.20. The third-order valence-corrected chi connectivity index (χ3v) is 4.68. The van der Waals surface area contributed by atoms with Crippen molar-refractivity contribution in [2.75, 3.05) is 13.2 Å². The third-order valence-electron chi connectivity index (χ3n) is 4.68. The molecule has 0 aliphatic carbocycles. The van der Waals surface area contributed by atoms with E-state index in [0.29, 0.717) is 24.8 Å². The molecule has 0 fully saturated rings. The van der Waals surface area contributed by atoms with Crippen molar-refractivity contribution in [2.45, 2.75) is 26.4 Å². The minimum atomic E-state index is -0.185. The van der Waals surface area contributed by atoms with Gasteiger partial charge in [-0.25, -0.2) is 0 Å². The van der Waals surface area contributed by atoms with Gasteiger partial charge in [-0.05, 0) is 28.8 Å². The lowest BCUT2D eigenvalue weighted by Crippen LogP contribution is -2.34. The summed E-state index contributed by atoms with van der Waals surface area (Å²) in [6, 6.07) is 15.1. The van der Waals surface area contributed by atoms with E-state index in [2.05, 4.69) is 34.6 Å². The number of aromatic nitrogens is 4. The molecule has 1 amide bonds. The van der Waals surface area contributed by atoms with Gasteiger partial charge in [0.1, 0.15) is 19.8 Å². The topological polar surface area (TPSA) is 91.2 Å². The Labute approximate surface area is 168 Å². The number of hydrogen-bond donors (Lipinski definition) is 1. The van der Waals surface area contributed by atoms with E-state index in [1.807, 2.05) is 48.5 Å². The minimum absolute atomic E-state index is 0.00634. The van der Waals surface area contributed by atoms with Gasteiger partial charge in [0.25, 0.3) is 0 Å². The highest BCUT2D eigenvalue weighted by molar-refractivity contribution is 5.76. The van der Waals surface area contributed by atoms with Gasteiger partial charge >= 0.3 is 0 Å². The average molecular weight is 393 g/mol. The number of hydrogen-bond acceptors (Lipinski definition) is 6. The number of fused-ring (bicyclic) bond motifs is 1. The first-order valence-corrected chi connectivity index (χ1v) is 9.62. The van der Waals surface area contributed by atoms with E-state index in [1.165, 1.54) is 4.80 Å². The first-order valence-electron chi connectivity index (χ1n) is 9.62. The largest absolute Gasteiger partial charge is 0.486 e. The monoisotopic (exact) mass is 393 g/mol. The van der Waals surface area contributed by atoms with Crippen LogP contribution in [0.3, 0.4) is 0 Å². The van der Waals surface area contributed by atoms with Crippen LogP contribution in [0.4, 0.5) is 0 Å². The molecule has 29 heavy (non-hydrogen) atoms. The van der Waals surface area contributed by atoms with Crippen LogP contribution in [0.25, 0.3) is 11.4 Å². The molecule has 0 saturated heterocycles. The van der Waals surface area contributed by atoms with Crippen LogP contribution in [0.5, 0.6) is 11.5 Å². The van der Waals surface area contributed by atoms with Gasteiger partial charge in [0.15, 0.2) is 11.5 Å². The molecule has 0 radical (unpaired) electrons. The molecule has 2 aromatic carbocycles. The van der Waals surface area contributed by atoms with Crippen molar-refractivity contribution < 1.29 is 14.3 Å². The SMILES string of the molecule is CC(C)[C@@H](NC(=O)Cn1nnc(-c2ccccc2)n1)c1ccc2c(c1)OCCO2. The molecule has 3 aromatic rings. The Morgan fingerprint density at radius 3 is 2.62 bits per heavy atom. The summed E-state index contributed by atoms with van der Waals surface area (Å²) in [5, 5.41) is 15.4. The maximum atomic E-state index is 12.6. The summed E-state index contributed by atoms with van der Waals surface area (Å²) in [5.41, 5.74) is 1.82. The van der Waals surface area contributed by atoms with Gasteiger partial charge in [-0.1, -0.05) is 50.2 Å². The standard InChI is InChI=1S/C21H23N5O3/c1-14(2)20(16-8-9-17-18(12-16)29-11-10-28-17)22-19(27)13-26-24-21(23-25-26)15-6-4-3-5-7-15/h3-9,12,14,20H,10-11,13H2,1-2H3,(H,22,27)/t20-/m1/s1. The minimum Gasteiger partial charge on any atom is -0.486 e. The Morgan fingerprint density at radius 1 is 1.10 bits per heavy atom. The van der Waals surface area contributed by atoms with E-state index in [9.17, 15) is 4.79 Å². The second-order valence-corrected chi connectivity index (χ2v) is 7.20. The van der Waals surface area contributed by atoms with Crippen LogP contribution in [0, 0.1) is 5.92 Å². The number of nitrogens with zero attached hydrogens (tertiary/aromatic N) is 4. The quantitative estimate of drug-likeness (QED) is 0.692. The van der Waals surface area contributed by atoms with Gasteiger partial charge in [0.05, 0.1) is 6.04 Å². The van der Waals surface area contributed by atoms with Crippen molar-refractivity contribution in [3.63, 3.8) is 0 Å². The molecule has 8 nitrogen and oxygen atoms in total. The fourth-order valence-corrected chi connectivity index (χ4v) is 3.25. The fraction of sp³-hybridized carbons (Fsp3) is 0.333. The normalized spacial score (nSPS) is 13.9. The fourth-order valence-electron chi connectivity index (χ4n) is 3.25. The molecule has 2 heterocycles. The van der Waals surface area contributed by atoms with Gasteiger partial charge < -0.3 is 14.8 Å². The molecule has 0 bridgehead atoms. The highest BCUT2D eigenvalue weighted by Gasteiger charge is 2.22. The zero-order chi connectivity index (χ0) is 20.2. The van der Waals surface area contributed by atoms with Crippen LogP contribution < -0.4 is 14.8 Å². The van der Waals surface area contributed by atoms with Crippen LogP contribution in [0.2, 0.25) is 0 Å². The number of amides is 1. The van der Waals surface area contributed by atoms with Gasteiger partial charge in [0, 0.05) is 5.56 Å². The predicted molar refractivity (Wildman–Crippen MR) is 106 cm³/mol. The molecule has 0 saturated carbocycles. The zero-order valence-corrected chi connectivity index (χ0v) is 16.4. The van der Waals surface area contributed by atoms with Crippen LogP contribution in [-0.4, -0.2) is 39.3 Å². The van der Waals surface area contributed by atoms with Crippen molar-refractivity contribution in [1.29, 1.82) is 0 Å². The smallest absolute Gasteiger partial charge is 0.244 e. The molecule has 150 valence electrons. The van der Waals surface area contributed by atoms with E-state index in [0.717, 1.165) is 16.9 Å². The summed E-state index contributed by atoms with van der Waals surface area (Å²) in [4.78, 5) is 13.9. The molecule has 1 aromatic heterocycles. The zero-order valence-electron chi connectivity index (χ0n) is 16.4. The number of ether oxygens (including phenoxy) is 2. The van der Waals surface area contributed by atoms with Crippen LogP contribution in [-0.2, 0) is 11.3 Å². The first-order chi connectivity index (χ1) is 14.1. The number of carbonyl (C=O) groups is 1. The molecule has 1 aliphatic rings. The summed E-state index contributed by atoms with van der Waals surface area (Å²) in [7, 11) is 0. The number of rotatable bonds is 6. The maximum Gasteiger partial charge on any atom is 0.244 e. The summed E-state index contributed by atoms with van der Waals surface area (Å²) < 4.78 is 11.2. The highest BCUT2D eigenvalue weighted by atomic mass is 16.6. The van der Waals surface area contributed by atoms with E-state index in [4.69, 9.17) is 9.47 Å². The van der Waals surface area contributed by atoms with Crippen molar-refractivity contribution in [2.24, 2.45) is 5.92 Å². The van der Waals surface area contributed by atoms with E-state index < -0.39 is 0 Å². The van der Waals surface area contributed by atoms with E-state index in [-0.39, 0.29) is 24.4 Å². The van der Waals surface area contributed by atoms with Crippen molar-refractivity contribution in [1.82, 2.24) is 25.5 Å². The summed E-state index contributed by atoms with van der Waals surface area (Å²) in [6.07, 6.45) is 0. The molecular formula is C21H23N5O3. The third kappa shape index (κ3) is 4.37. The summed E-state index contributed by atoms with van der Waals surface area (Å²) in [5.74, 6) is 1.93. The van der Waals surface area contributed by atoms with Crippen LogP contribution in [0.1, 0.15) is 25.5 Å². The van der Waals surface area contributed by atoms with Crippen molar-refractivity contribution in [3.8, 4) is 22.9 Å². The molecule has 0 spiro atoms. The Balaban J connectivity index is 1.45. The molecule has 4 rings (SSSR count). The van der Waals surface area contributed by atoms with Gasteiger partial charge in [-0.15, -0.1) is 10.2 Å². The van der Waals surface area contributed by atoms with Crippen LogP contribution in [0.15, 0.2) is 48.5 Å².